The van der Waals surface area contributed by atoms with Gasteiger partial charge in [0, 0.05) is 5.38 Å². The van der Waals surface area contributed by atoms with E-state index in [4.69, 9.17) is 0 Å². The van der Waals surface area contributed by atoms with Gasteiger partial charge in [-0.25, -0.2) is 22.2 Å². The fraction of sp³-hybridized carbons (Fsp3) is 0.143. The van der Waals surface area contributed by atoms with Gasteiger partial charge in [0.2, 0.25) is 10.0 Å². The molecule has 1 N–H and O–H groups in total. The quantitative estimate of drug-likeness (QED) is 0.764. The van der Waals surface area contributed by atoms with E-state index in [0.717, 1.165) is 11.8 Å². The molecule has 2 heterocycles. The van der Waals surface area contributed by atoms with Crippen molar-refractivity contribution in [2.75, 3.05) is 0 Å². The summed E-state index contributed by atoms with van der Waals surface area (Å²) in [7, 11) is -3.74. The van der Waals surface area contributed by atoms with E-state index in [1.54, 1.807) is 17.8 Å². The molecular weight excluding hydrogens is 339 g/mol. The molecule has 0 unspecified atom stereocenters. The van der Waals surface area contributed by atoms with Crippen LogP contribution in [0.1, 0.15) is 11.3 Å². The Bertz CT molecular complexity index is 920. The fourth-order valence-corrected chi connectivity index (χ4v) is 3.90. The maximum Gasteiger partial charge on any atom is 0.241 e. The number of benzene rings is 1. The van der Waals surface area contributed by atoms with Crippen LogP contribution in [-0.2, 0) is 16.6 Å². The van der Waals surface area contributed by atoms with E-state index >= 15 is 0 Å². The first-order valence-corrected chi connectivity index (χ1v) is 9.08. The zero-order valence-corrected chi connectivity index (χ0v) is 13.7. The summed E-state index contributed by atoms with van der Waals surface area (Å²) in [5.74, 6) is -0.472. The second kappa shape index (κ2) is 6.19. The van der Waals surface area contributed by atoms with Gasteiger partial charge in [-0.15, -0.1) is 5.10 Å². The lowest BCUT2D eigenvalue weighted by atomic mass is 10.2. The lowest BCUT2D eigenvalue weighted by Crippen LogP contribution is -2.24. The van der Waals surface area contributed by atoms with Crippen LogP contribution in [0.2, 0.25) is 0 Å². The van der Waals surface area contributed by atoms with Crippen molar-refractivity contribution in [1.82, 2.24) is 19.7 Å². The Kier molecular flexibility index (Phi) is 4.24. The molecule has 0 aliphatic rings. The number of hydrogen-bond donors (Lipinski definition) is 1. The summed E-state index contributed by atoms with van der Waals surface area (Å²) in [6.07, 6.45) is 1.65. The average Bonchev–Trinajstić information content (AvgIpc) is 3.16. The number of hydrogen-bond acceptors (Lipinski definition) is 5. The third-order valence-corrected chi connectivity index (χ3v) is 5.41. The van der Waals surface area contributed by atoms with Gasteiger partial charge in [-0.05, 0) is 42.1 Å². The molecule has 0 fully saturated rings. The van der Waals surface area contributed by atoms with Gasteiger partial charge in [0.15, 0.2) is 0 Å². The molecule has 3 aromatic rings. The summed E-state index contributed by atoms with van der Waals surface area (Å²) < 4.78 is 41.7. The zero-order valence-electron chi connectivity index (χ0n) is 12.1. The van der Waals surface area contributed by atoms with E-state index in [2.05, 4.69) is 15.0 Å². The molecule has 0 spiro atoms. The number of aromatic nitrogens is 3. The summed E-state index contributed by atoms with van der Waals surface area (Å²) in [6, 6.07) is 5.43. The number of nitrogens with one attached hydrogen (secondary N) is 1. The topological polar surface area (TPSA) is 76.9 Å². The Morgan fingerprint density at radius 2 is 2.17 bits per heavy atom. The molecule has 0 amide bonds. The molecule has 0 saturated carbocycles. The normalized spacial score (nSPS) is 11.7. The molecule has 3 rings (SSSR count). The van der Waals surface area contributed by atoms with E-state index < -0.39 is 15.8 Å². The van der Waals surface area contributed by atoms with Crippen LogP contribution in [0, 0.1) is 12.7 Å². The summed E-state index contributed by atoms with van der Waals surface area (Å²) in [4.78, 5) is 0.0455. The standard InChI is InChI=1S/C14H13FN4O2S2/c1-10-6-11(15)2-3-14(10)23(20,21)16-7-12-8-19(18-17-12)13-4-5-22-9-13/h2-6,8-9,16H,7H2,1H3. The van der Waals surface area contributed by atoms with Crippen LogP contribution in [0.3, 0.4) is 0 Å². The minimum Gasteiger partial charge on any atom is -0.220 e. The van der Waals surface area contributed by atoms with Gasteiger partial charge in [0.25, 0.3) is 0 Å². The van der Waals surface area contributed by atoms with Crippen LogP contribution in [0.5, 0.6) is 0 Å². The third kappa shape index (κ3) is 3.46. The summed E-state index contributed by atoms with van der Waals surface area (Å²) in [6.45, 7) is 1.55. The highest BCUT2D eigenvalue weighted by molar-refractivity contribution is 7.89. The predicted octanol–water partition coefficient (Wildman–Crippen LogP) is 2.25. The first kappa shape index (κ1) is 15.8. The molecule has 0 bridgehead atoms. The molecule has 1 aromatic carbocycles. The number of aryl methyl sites for hydroxylation is 1. The summed E-state index contributed by atoms with van der Waals surface area (Å²) in [5.41, 5.74) is 1.70. The van der Waals surface area contributed by atoms with Gasteiger partial charge in [-0.3, -0.25) is 0 Å². The maximum absolute atomic E-state index is 13.1. The zero-order chi connectivity index (χ0) is 16.4. The highest BCUT2D eigenvalue weighted by atomic mass is 32.2. The molecule has 0 aliphatic carbocycles. The van der Waals surface area contributed by atoms with Crippen molar-refractivity contribution in [1.29, 1.82) is 0 Å². The minimum absolute atomic E-state index is 0.00326. The van der Waals surface area contributed by atoms with Crippen molar-refractivity contribution >= 4 is 21.4 Å². The van der Waals surface area contributed by atoms with E-state index in [-0.39, 0.29) is 11.4 Å². The van der Waals surface area contributed by atoms with Gasteiger partial charge in [0.05, 0.1) is 29.0 Å². The largest absolute Gasteiger partial charge is 0.241 e. The van der Waals surface area contributed by atoms with Crippen molar-refractivity contribution in [3.8, 4) is 5.69 Å². The third-order valence-electron chi connectivity index (χ3n) is 3.18. The molecule has 23 heavy (non-hydrogen) atoms. The summed E-state index contributed by atoms with van der Waals surface area (Å²) in [5, 5.41) is 11.7. The van der Waals surface area contributed by atoms with Crippen molar-refractivity contribution in [3.05, 3.63) is 58.3 Å². The first-order valence-electron chi connectivity index (χ1n) is 6.65. The van der Waals surface area contributed by atoms with E-state index in [1.165, 1.54) is 23.5 Å². The molecule has 2 aromatic heterocycles. The van der Waals surface area contributed by atoms with E-state index in [9.17, 15) is 12.8 Å². The van der Waals surface area contributed by atoms with Crippen molar-refractivity contribution in [2.24, 2.45) is 0 Å². The van der Waals surface area contributed by atoms with Crippen molar-refractivity contribution in [3.63, 3.8) is 0 Å². The maximum atomic E-state index is 13.1. The SMILES string of the molecule is Cc1cc(F)ccc1S(=O)(=O)NCc1cn(-c2ccsc2)nn1. The molecule has 9 heteroatoms. The van der Waals surface area contributed by atoms with Gasteiger partial charge in [-0.1, -0.05) is 5.21 Å². The van der Waals surface area contributed by atoms with Gasteiger partial charge < -0.3 is 0 Å². The number of nitrogens with zero attached hydrogens (tertiary/aromatic N) is 3. The monoisotopic (exact) mass is 352 g/mol. The second-order valence-corrected chi connectivity index (χ2v) is 7.39. The highest BCUT2D eigenvalue weighted by Gasteiger charge is 2.17. The Labute approximate surface area is 136 Å². The van der Waals surface area contributed by atoms with Crippen LogP contribution in [0.15, 0.2) is 46.1 Å². The Morgan fingerprint density at radius 3 is 2.87 bits per heavy atom. The molecule has 0 saturated heterocycles. The molecule has 0 aliphatic heterocycles. The molecule has 0 radical (unpaired) electrons. The average molecular weight is 352 g/mol. The molecule has 120 valence electrons. The predicted molar refractivity (Wildman–Crippen MR) is 84.4 cm³/mol. The first-order chi connectivity index (χ1) is 11.0. The van der Waals surface area contributed by atoms with Crippen molar-refractivity contribution in [2.45, 2.75) is 18.4 Å². The van der Waals surface area contributed by atoms with E-state index in [1.807, 2.05) is 16.8 Å². The van der Waals surface area contributed by atoms with Crippen LogP contribution in [0.25, 0.3) is 5.69 Å². The van der Waals surface area contributed by atoms with Gasteiger partial charge in [-0.2, -0.15) is 11.3 Å². The lowest BCUT2D eigenvalue weighted by molar-refractivity contribution is 0.578. The van der Waals surface area contributed by atoms with Crippen LogP contribution in [0.4, 0.5) is 4.39 Å². The minimum atomic E-state index is -3.74. The number of halogens is 1. The van der Waals surface area contributed by atoms with Crippen LogP contribution >= 0.6 is 11.3 Å². The smallest absolute Gasteiger partial charge is 0.220 e. The van der Waals surface area contributed by atoms with Gasteiger partial charge in [0.1, 0.15) is 5.82 Å². The highest BCUT2D eigenvalue weighted by Crippen LogP contribution is 2.16. The number of thiophene rings is 1. The van der Waals surface area contributed by atoms with E-state index in [0.29, 0.717) is 11.3 Å². The molecule has 0 atom stereocenters. The van der Waals surface area contributed by atoms with Crippen LogP contribution < -0.4 is 4.72 Å². The molecule has 6 nitrogen and oxygen atoms in total. The summed E-state index contributed by atoms with van der Waals surface area (Å²) >= 11 is 1.53. The number of sulfonamides is 1. The lowest BCUT2D eigenvalue weighted by Gasteiger charge is -2.08. The number of rotatable bonds is 5. The Hall–Kier alpha value is -2.10. The van der Waals surface area contributed by atoms with Crippen molar-refractivity contribution < 1.29 is 12.8 Å². The van der Waals surface area contributed by atoms with Gasteiger partial charge >= 0.3 is 0 Å². The molecular formula is C14H13FN4O2S2. The second-order valence-electron chi connectivity index (χ2n) is 4.87. The fourth-order valence-electron chi connectivity index (χ4n) is 2.05. The Morgan fingerprint density at radius 1 is 1.35 bits per heavy atom. The van der Waals surface area contributed by atoms with Crippen LogP contribution in [-0.4, -0.2) is 23.4 Å². The Balaban J connectivity index is 1.75.